The van der Waals surface area contributed by atoms with E-state index in [-0.39, 0.29) is 0 Å². The Balaban J connectivity index is 1.69. The molecule has 0 unspecified atom stereocenters. The lowest BCUT2D eigenvalue weighted by Gasteiger charge is -2.48. The second-order valence-electron chi connectivity index (χ2n) is 5.08. The van der Waals surface area contributed by atoms with E-state index in [1.807, 2.05) is 19.3 Å². The van der Waals surface area contributed by atoms with Crippen LogP contribution in [0.15, 0.2) is 12.4 Å². The van der Waals surface area contributed by atoms with Crippen LogP contribution in [0.25, 0.3) is 0 Å². The zero-order chi connectivity index (χ0) is 10.3. The third-order valence-electron chi connectivity index (χ3n) is 3.81. The minimum atomic E-state index is 0.645. The van der Waals surface area contributed by atoms with Crippen LogP contribution >= 0.6 is 0 Å². The molecule has 3 nitrogen and oxygen atoms in total. The number of aromatic nitrogens is 2. The summed E-state index contributed by atoms with van der Waals surface area (Å²) in [4.78, 5) is 11.1. The smallest absolute Gasteiger partial charge is 0.147 e. The number of rotatable bonds is 1. The van der Waals surface area contributed by atoms with E-state index in [0.29, 0.717) is 5.41 Å². The van der Waals surface area contributed by atoms with E-state index in [9.17, 15) is 0 Å². The summed E-state index contributed by atoms with van der Waals surface area (Å²) in [6, 6.07) is 0. The molecule has 0 amide bonds. The topological polar surface area (TPSA) is 29.0 Å². The minimum absolute atomic E-state index is 0.645. The highest BCUT2D eigenvalue weighted by Crippen LogP contribution is 2.46. The fraction of sp³-hybridized carbons (Fsp3) is 0.667. The molecule has 2 aliphatic rings. The number of nitrogens with zero attached hydrogens (tertiary/aromatic N) is 3. The first-order chi connectivity index (χ1) is 7.27. The van der Waals surface area contributed by atoms with Crippen molar-refractivity contribution in [2.45, 2.75) is 32.6 Å². The van der Waals surface area contributed by atoms with E-state index in [2.05, 4.69) is 14.9 Å². The molecule has 0 atom stereocenters. The summed E-state index contributed by atoms with van der Waals surface area (Å²) in [5, 5.41) is 0. The van der Waals surface area contributed by atoms with Gasteiger partial charge in [-0.1, -0.05) is 12.8 Å². The van der Waals surface area contributed by atoms with Gasteiger partial charge >= 0.3 is 0 Å². The first-order valence-corrected chi connectivity index (χ1v) is 5.81. The van der Waals surface area contributed by atoms with E-state index in [1.165, 1.54) is 38.8 Å². The van der Waals surface area contributed by atoms with Gasteiger partial charge in [0.15, 0.2) is 0 Å². The van der Waals surface area contributed by atoms with Gasteiger partial charge in [0.1, 0.15) is 5.82 Å². The maximum absolute atomic E-state index is 4.42. The third-order valence-corrected chi connectivity index (χ3v) is 3.81. The number of anilines is 1. The summed E-state index contributed by atoms with van der Waals surface area (Å²) in [6.45, 7) is 4.38. The number of aryl methyl sites for hydroxylation is 1. The molecule has 3 heteroatoms. The molecule has 2 heterocycles. The van der Waals surface area contributed by atoms with Crippen LogP contribution < -0.4 is 4.90 Å². The van der Waals surface area contributed by atoms with Gasteiger partial charge in [0.05, 0.1) is 18.1 Å². The van der Waals surface area contributed by atoms with E-state index in [0.717, 1.165) is 11.5 Å². The van der Waals surface area contributed by atoms with Gasteiger partial charge in [0.2, 0.25) is 0 Å². The zero-order valence-corrected chi connectivity index (χ0v) is 9.24. The first-order valence-electron chi connectivity index (χ1n) is 5.81. The maximum Gasteiger partial charge on any atom is 0.147 e. The average Bonchev–Trinajstić information content (AvgIpc) is 2.66. The van der Waals surface area contributed by atoms with E-state index in [1.54, 1.807) is 0 Å². The van der Waals surface area contributed by atoms with Gasteiger partial charge in [0, 0.05) is 18.5 Å². The van der Waals surface area contributed by atoms with Crippen LogP contribution in [0.5, 0.6) is 0 Å². The highest BCUT2D eigenvalue weighted by Gasteiger charge is 2.45. The molecule has 0 aromatic carbocycles. The molecule has 2 fully saturated rings. The van der Waals surface area contributed by atoms with E-state index >= 15 is 0 Å². The minimum Gasteiger partial charge on any atom is -0.354 e. The van der Waals surface area contributed by atoms with Gasteiger partial charge < -0.3 is 4.90 Å². The molecule has 80 valence electrons. The Hall–Kier alpha value is -1.12. The normalized spacial score (nSPS) is 23.1. The second-order valence-corrected chi connectivity index (χ2v) is 5.08. The molecule has 3 rings (SSSR count). The predicted octanol–water partition coefficient (Wildman–Crippen LogP) is 2.17. The molecule has 1 aliphatic carbocycles. The lowest BCUT2D eigenvalue weighted by Crippen LogP contribution is -2.55. The van der Waals surface area contributed by atoms with Gasteiger partial charge in [-0.15, -0.1) is 0 Å². The van der Waals surface area contributed by atoms with Crippen LogP contribution in [0.2, 0.25) is 0 Å². The molecule has 1 aromatic heterocycles. The van der Waals surface area contributed by atoms with Crippen LogP contribution in [-0.2, 0) is 0 Å². The summed E-state index contributed by atoms with van der Waals surface area (Å²) in [5.74, 6) is 1.05. The first kappa shape index (κ1) is 9.13. The lowest BCUT2D eigenvalue weighted by molar-refractivity contribution is 0.220. The van der Waals surface area contributed by atoms with Crippen molar-refractivity contribution in [3.63, 3.8) is 0 Å². The monoisotopic (exact) mass is 203 g/mol. The highest BCUT2D eigenvalue weighted by atomic mass is 15.3. The quantitative estimate of drug-likeness (QED) is 0.700. The Morgan fingerprint density at radius 3 is 2.47 bits per heavy atom. The maximum atomic E-state index is 4.42. The Morgan fingerprint density at radius 1 is 1.13 bits per heavy atom. The molecule has 1 aromatic rings. The molecule has 15 heavy (non-hydrogen) atoms. The molecule has 1 aliphatic heterocycles. The van der Waals surface area contributed by atoms with Gasteiger partial charge in [-0.3, -0.25) is 4.98 Å². The molecule has 1 spiro atoms. The standard InChI is InChI=1S/C12H17N3/c1-10-6-14-11(7-13-10)15-8-12(9-15)4-2-3-5-12/h6-7H,2-5,8-9H2,1H3. The van der Waals surface area contributed by atoms with E-state index < -0.39 is 0 Å². The van der Waals surface area contributed by atoms with Crippen molar-refractivity contribution in [2.75, 3.05) is 18.0 Å². The van der Waals surface area contributed by atoms with Gasteiger partial charge in [-0.2, -0.15) is 0 Å². The zero-order valence-electron chi connectivity index (χ0n) is 9.24. The fourth-order valence-corrected chi connectivity index (χ4v) is 2.92. The Labute approximate surface area is 90.5 Å². The fourth-order valence-electron chi connectivity index (χ4n) is 2.92. The number of hydrogen-bond donors (Lipinski definition) is 0. The molecule has 1 saturated heterocycles. The molecule has 0 N–H and O–H groups in total. The molecule has 0 bridgehead atoms. The third kappa shape index (κ3) is 1.50. The van der Waals surface area contributed by atoms with Crippen LogP contribution in [0, 0.1) is 12.3 Å². The van der Waals surface area contributed by atoms with Crippen molar-refractivity contribution in [3.8, 4) is 0 Å². The molecule has 1 saturated carbocycles. The molecule has 0 radical (unpaired) electrons. The predicted molar refractivity (Wildman–Crippen MR) is 59.9 cm³/mol. The van der Waals surface area contributed by atoms with Crippen molar-refractivity contribution in [1.82, 2.24) is 9.97 Å². The van der Waals surface area contributed by atoms with Crippen molar-refractivity contribution < 1.29 is 0 Å². The van der Waals surface area contributed by atoms with Crippen LogP contribution in [0.4, 0.5) is 5.82 Å². The highest BCUT2D eigenvalue weighted by molar-refractivity contribution is 5.41. The van der Waals surface area contributed by atoms with Crippen LogP contribution in [-0.4, -0.2) is 23.1 Å². The van der Waals surface area contributed by atoms with Crippen molar-refractivity contribution in [1.29, 1.82) is 0 Å². The van der Waals surface area contributed by atoms with Gasteiger partial charge in [-0.05, 0) is 19.8 Å². The summed E-state index contributed by atoms with van der Waals surface area (Å²) < 4.78 is 0. The Bertz CT molecular complexity index is 344. The van der Waals surface area contributed by atoms with Crippen molar-refractivity contribution in [3.05, 3.63) is 18.1 Å². The average molecular weight is 203 g/mol. The largest absolute Gasteiger partial charge is 0.354 e. The van der Waals surface area contributed by atoms with Crippen LogP contribution in [0.1, 0.15) is 31.4 Å². The van der Waals surface area contributed by atoms with E-state index in [4.69, 9.17) is 0 Å². The van der Waals surface area contributed by atoms with Crippen molar-refractivity contribution >= 4 is 5.82 Å². The van der Waals surface area contributed by atoms with Crippen molar-refractivity contribution in [2.24, 2.45) is 5.41 Å². The second kappa shape index (κ2) is 3.19. The number of hydrogen-bond acceptors (Lipinski definition) is 3. The summed E-state index contributed by atoms with van der Waals surface area (Å²) in [7, 11) is 0. The SMILES string of the molecule is Cc1cnc(N2CC3(CCCC3)C2)cn1. The summed E-state index contributed by atoms with van der Waals surface area (Å²) >= 11 is 0. The lowest BCUT2D eigenvalue weighted by atomic mass is 9.78. The molecular weight excluding hydrogens is 186 g/mol. The molecular formula is C12H17N3. The Kier molecular flexibility index (Phi) is 1.94. The van der Waals surface area contributed by atoms with Gasteiger partial charge in [0.25, 0.3) is 0 Å². The van der Waals surface area contributed by atoms with Crippen LogP contribution in [0.3, 0.4) is 0 Å². The summed E-state index contributed by atoms with van der Waals surface area (Å²) in [5.41, 5.74) is 1.64. The van der Waals surface area contributed by atoms with Gasteiger partial charge in [-0.25, -0.2) is 4.98 Å². The summed E-state index contributed by atoms with van der Waals surface area (Å²) in [6.07, 6.45) is 9.44. The Morgan fingerprint density at radius 2 is 1.87 bits per heavy atom.